The largest absolute Gasteiger partial charge is 0.340 e. The third kappa shape index (κ3) is 3.55. The summed E-state index contributed by atoms with van der Waals surface area (Å²) >= 11 is 6.72. The van der Waals surface area contributed by atoms with Crippen LogP contribution < -0.4 is 5.32 Å². The molecule has 108 valence electrons. The lowest BCUT2D eigenvalue weighted by Crippen LogP contribution is -2.18. The fourth-order valence-corrected chi connectivity index (χ4v) is 2.76. The number of carbonyl (C=O) groups excluding carboxylic acids is 1. The van der Waals surface area contributed by atoms with Crippen molar-refractivity contribution in [1.29, 1.82) is 5.26 Å². The number of halogens is 2. The molecule has 1 aromatic heterocycles. The minimum Gasteiger partial charge on any atom is -0.340 e. The van der Waals surface area contributed by atoms with Gasteiger partial charge >= 0.3 is 0 Å². The third-order valence-electron chi connectivity index (χ3n) is 2.95. The summed E-state index contributed by atoms with van der Waals surface area (Å²) in [4.78, 5) is 12.5. The zero-order valence-corrected chi connectivity index (χ0v) is 14.7. The predicted octanol–water partition coefficient (Wildman–Crippen LogP) is 4.72. The van der Waals surface area contributed by atoms with Crippen LogP contribution >= 0.6 is 31.9 Å². The van der Waals surface area contributed by atoms with Gasteiger partial charge in [0.15, 0.2) is 0 Å². The van der Waals surface area contributed by atoms with E-state index in [2.05, 4.69) is 43.2 Å². The highest BCUT2D eigenvalue weighted by Gasteiger charge is 2.16. The average Bonchev–Trinajstić information content (AvgIpc) is 2.81. The fraction of sp³-hybridized carbons (Fsp3) is 0.200. The second kappa shape index (κ2) is 6.46. The number of amides is 1. The molecule has 1 aromatic carbocycles. The molecule has 1 amide bonds. The van der Waals surface area contributed by atoms with Gasteiger partial charge in [0.2, 0.25) is 0 Å². The van der Waals surface area contributed by atoms with Crippen LogP contribution in [0.15, 0.2) is 39.4 Å². The average molecular weight is 411 g/mol. The van der Waals surface area contributed by atoms with E-state index < -0.39 is 0 Å². The quantitative estimate of drug-likeness (QED) is 0.795. The van der Waals surface area contributed by atoms with Crippen molar-refractivity contribution in [2.45, 2.75) is 19.9 Å². The van der Waals surface area contributed by atoms with Crippen molar-refractivity contribution in [3.05, 3.63) is 50.7 Å². The molecule has 0 aliphatic rings. The zero-order chi connectivity index (χ0) is 15.6. The highest BCUT2D eigenvalue weighted by atomic mass is 79.9. The molecule has 0 radical (unpaired) electrons. The van der Waals surface area contributed by atoms with E-state index in [9.17, 15) is 4.79 Å². The lowest BCUT2D eigenvalue weighted by molar-refractivity contribution is 0.101. The van der Waals surface area contributed by atoms with Crippen LogP contribution in [-0.4, -0.2) is 10.5 Å². The summed E-state index contributed by atoms with van der Waals surface area (Å²) in [5.41, 5.74) is 1.46. The second-order valence-electron chi connectivity index (χ2n) is 4.80. The Morgan fingerprint density at radius 2 is 2.00 bits per heavy atom. The van der Waals surface area contributed by atoms with Crippen molar-refractivity contribution in [3.8, 4) is 6.07 Å². The number of rotatable bonds is 3. The number of nitriles is 1. The van der Waals surface area contributed by atoms with E-state index in [0.717, 1.165) is 8.95 Å². The Hall–Kier alpha value is -1.58. The van der Waals surface area contributed by atoms with Crippen molar-refractivity contribution >= 4 is 43.5 Å². The Bertz CT molecular complexity index is 729. The molecule has 0 saturated carbocycles. The second-order valence-corrected chi connectivity index (χ2v) is 6.63. The van der Waals surface area contributed by atoms with E-state index in [-0.39, 0.29) is 11.9 Å². The number of carbonyl (C=O) groups is 1. The minimum absolute atomic E-state index is 0.162. The normalized spacial score (nSPS) is 10.5. The number of nitrogens with one attached hydrogen (secondary N) is 1. The van der Waals surface area contributed by atoms with Crippen LogP contribution in [0.5, 0.6) is 0 Å². The summed E-state index contributed by atoms with van der Waals surface area (Å²) < 4.78 is 3.53. The molecule has 0 aliphatic carbocycles. The third-order valence-corrected chi connectivity index (χ3v) is 3.88. The molecule has 0 saturated heterocycles. The first-order valence-corrected chi connectivity index (χ1v) is 7.89. The number of hydrogen-bond donors (Lipinski definition) is 1. The molecule has 21 heavy (non-hydrogen) atoms. The first-order valence-electron chi connectivity index (χ1n) is 6.30. The molecule has 0 unspecified atom stereocenters. The van der Waals surface area contributed by atoms with Crippen molar-refractivity contribution in [2.24, 2.45) is 0 Å². The lowest BCUT2D eigenvalue weighted by Gasteiger charge is -2.13. The first-order chi connectivity index (χ1) is 9.92. The van der Waals surface area contributed by atoms with Gasteiger partial charge in [0.05, 0.1) is 11.3 Å². The highest BCUT2D eigenvalue weighted by molar-refractivity contribution is 9.10. The van der Waals surface area contributed by atoms with E-state index >= 15 is 0 Å². The van der Waals surface area contributed by atoms with Crippen molar-refractivity contribution < 1.29 is 4.79 Å². The van der Waals surface area contributed by atoms with Gasteiger partial charge in [-0.2, -0.15) is 5.26 Å². The molecule has 0 fully saturated rings. The number of nitrogens with zero attached hydrogens (tertiary/aromatic N) is 2. The number of benzene rings is 1. The predicted molar refractivity (Wildman–Crippen MR) is 89.3 cm³/mol. The Kier molecular flexibility index (Phi) is 4.86. The molecule has 4 nitrogen and oxygen atoms in total. The zero-order valence-electron chi connectivity index (χ0n) is 11.5. The summed E-state index contributed by atoms with van der Waals surface area (Å²) in [6, 6.07) is 9.14. The molecule has 2 aromatic rings. The van der Waals surface area contributed by atoms with Crippen molar-refractivity contribution in [3.63, 3.8) is 0 Å². The lowest BCUT2D eigenvalue weighted by atomic mass is 10.2. The Labute approximate surface area is 140 Å². The number of hydrogen-bond acceptors (Lipinski definition) is 2. The number of aromatic nitrogens is 1. The van der Waals surface area contributed by atoms with Gasteiger partial charge in [-0.25, -0.2) is 0 Å². The highest BCUT2D eigenvalue weighted by Crippen LogP contribution is 2.24. The van der Waals surface area contributed by atoms with E-state index in [1.165, 1.54) is 0 Å². The van der Waals surface area contributed by atoms with Crippen LogP contribution in [0.4, 0.5) is 5.69 Å². The van der Waals surface area contributed by atoms with E-state index in [1.54, 1.807) is 24.3 Å². The van der Waals surface area contributed by atoms with Crippen molar-refractivity contribution in [1.82, 2.24) is 4.57 Å². The summed E-state index contributed by atoms with van der Waals surface area (Å²) in [7, 11) is 0. The molecular formula is C15H13Br2N3O. The Morgan fingerprint density at radius 3 is 2.62 bits per heavy atom. The summed E-state index contributed by atoms with van der Waals surface area (Å²) in [6.07, 6.45) is 1.87. The molecule has 2 rings (SSSR count). The molecule has 0 bridgehead atoms. The van der Waals surface area contributed by atoms with Gasteiger partial charge in [-0.3, -0.25) is 4.79 Å². The molecule has 0 aliphatic heterocycles. The molecular weight excluding hydrogens is 398 g/mol. The first kappa shape index (κ1) is 15.8. The monoisotopic (exact) mass is 409 g/mol. The van der Waals surface area contributed by atoms with Crippen LogP contribution in [-0.2, 0) is 0 Å². The molecule has 6 heteroatoms. The summed E-state index contributed by atoms with van der Waals surface area (Å²) in [5, 5.41) is 11.9. The summed E-state index contributed by atoms with van der Waals surface area (Å²) in [5.74, 6) is -0.246. The molecule has 1 N–H and O–H groups in total. The Morgan fingerprint density at radius 1 is 1.29 bits per heavy atom. The summed E-state index contributed by atoms with van der Waals surface area (Å²) in [6.45, 7) is 4.01. The maximum Gasteiger partial charge on any atom is 0.272 e. The maximum absolute atomic E-state index is 12.5. The fourth-order valence-electron chi connectivity index (χ4n) is 1.96. The van der Waals surface area contributed by atoms with Gasteiger partial charge in [-0.1, -0.05) is 15.9 Å². The van der Waals surface area contributed by atoms with Gasteiger partial charge in [0.1, 0.15) is 11.8 Å². The van der Waals surface area contributed by atoms with Gasteiger partial charge in [0, 0.05) is 21.2 Å². The van der Waals surface area contributed by atoms with Crippen LogP contribution in [0.2, 0.25) is 0 Å². The molecule has 0 atom stereocenters. The van der Waals surface area contributed by atoms with Crippen LogP contribution in [0.1, 0.15) is 35.9 Å². The van der Waals surface area contributed by atoms with Gasteiger partial charge in [-0.15, -0.1) is 0 Å². The van der Waals surface area contributed by atoms with Gasteiger partial charge < -0.3 is 9.88 Å². The van der Waals surface area contributed by atoms with Gasteiger partial charge in [0.25, 0.3) is 5.91 Å². The van der Waals surface area contributed by atoms with Crippen LogP contribution in [0.3, 0.4) is 0 Å². The van der Waals surface area contributed by atoms with Crippen LogP contribution in [0, 0.1) is 11.3 Å². The van der Waals surface area contributed by atoms with E-state index in [0.29, 0.717) is 16.9 Å². The number of anilines is 1. The van der Waals surface area contributed by atoms with E-state index in [4.69, 9.17) is 5.26 Å². The topological polar surface area (TPSA) is 57.8 Å². The maximum atomic E-state index is 12.5. The van der Waals surface area contributed by atoms with Crippen LogP contribution in [0.25, 0.3) is 0 Å². The minimum atomic E-state index is -0.246. The SMILES string of the molecule is CC(C)n1cc(Br)cc1C(=O)Nc1cc(Br)ccc1C#N. The standard InChI is InChI=1S/C15H13Br2N3O/c1-9(2)20-8-12(17)6-14(20)15(21)19-13-5-11(16)4-3-10(13)7-18/h3-6,8-9H,1-2H3,(H,19,21). The van der Waals surface area contributed by atoms with Gasteiger partial charge in [-0.05, 0) is 54.0 Å². The molecule has 0 spiro atoms. The van der Waals surface area contributed by atoms with Crippen molar-refractivity contribution in [2.75, 3.05) is 5.32 Å². The van der Waals surface area contributed by atoms with E-state index in [1.807, 2.05) is 24.6 Å². The Balaban J connectivity index is 2.35. The smallest absolute Gasteiger partial charge is 0.272 e. The molecule has 1 heterocycles.